The van der Waals surface area contributed by atoms with Gasteiger partial charge in [-0.15, -0.1) is 0 Å². The van der Waals surface area contributed by atoms with Crippen LogP contribution in [0.3, 0.4) is 0 Å². The summed E-state index contributed by atoms with van der Waals surface area (Å²) in [6, 6.07) is 82.0. The molecule has 0 radical (unpaired) electrons. The van der Waals surface area contributed by atoms with Gasteiger partial charge in [0, 0.05) is 27.5 Å². The van der Waals surface area contributed by atoms with Crippen LogP contribution in [-0.4, -0.2) is 4.98 Å². The molecule has 1 aliphatic heterocycles. The Morgan fingerprint density at radius 1 is 0.281 bits per heavy atom. The lowest BCUT2D eigenvalue weighted by Crippen LogP contribution is -2.32. The van der Waals surface area contributed by atoms with Crippen LogP contribution in [-0.2, 0) is 5.41 Å². The Bertz CT molecular complexity index is 3840. The molecule has 0 fully saturated rings. The molecule has 14 rings (SSSR count). The van der Waals surface area contributed by atoms with E-state index in [2.05, 4.69) is 224 Å². The normalized spacial score (nSPS) is 13.2. The van der Waals surface area contributed by atoms with Gasteiger partial charge in [0.05, 0.1) is 16.6 Å². The first-order valence-corrected chi connectivity index (χ1v) is 22.1. The average molecular weight is 812 g/mol. The van der Waals surface area contributed by atoms with Gasteiger partial charge in [-0.2, -0.15) is 0 Å². The predicted octanol–water partition coefficient (Wildman–Crippen LogP) is 16.3. The first-order valence-electron chi connectivity index (χ1n) is 22.1. The molecule has 0 unspecified atom stereocenters. The second-order valence-corrected chi connectivity index (χ2v) is 17.3. The van der Waals surface area contributed by atoms with Crippen molar-refractivity contribution in [2.75, 3.05) is 0 Å². The van der Waals surface area contributed by atoms with E-state index in [1.807, 2.05) is 0 Å². The van der Waals surface area contributed by atoms with Gasteiger partial charge in [0.2, 0.25) is 0 Å². The Balaban J connectivity index is 0.963. The van der Waals surface area contributed by atoms with Gasteiger partial charge in [-0.3, -0.25) is 0 Å². The maximum absolute atomic E-state index is 6.98. The minimum atomic E-state index is -0.566. The summed E-state index contributed by atoms with van der Waals surface area (Å²) >= 11 is 0. The van der Waals surface area contributed by atoms with Crippen molar-refractivity contribution in [1.29, 1.82) is 0 Å². The summed E-state index contributed by atoms with van der Waals surface area (Å²) in [6.07, 6.45) is 0. The number of fused-ring (bicyclic) bond motifs is 18. The fourth-order valence-corrected chi connectivity index (χ4v) is 11.3. The van der Waals surface area contributed by atoms with Crippen molar-refractivity contribution in [1.82, 2.24) is 4.98 Å². The van der Waals surface area contributed by atoms with Crippen LogP contribution in [0.25, 0.3) is 98.6 Å². The number of hydrogen-bond donors (Lipinski definition) is 0. The van der Waals surface area contributed by atoms with Crippen molar-refractivity contribution < 1.29 is 4.74 Å². The Hall–Kier alpha value is -8.33. The number of ether oxygens (including phenoxy) is 1. The van der Waals surface area contributed by atoms with Gasteiger partial charge in [-0.1, -0.05) is 188 Å². The zero-order valence-electron chi connectivity index (χ0n) is 34.7. The van der Waals surface area contributed by atoms with E-state index in [0.29, 0.717) is 0 Å². The van der Waals surface area contributed by atoms with Crippen LogP contribution in [0.2, 0.25) is 0 Å². The van der Waals surface area contributed by atoms with Crippen LogP contribution < -0.4 is 4.74 Å². The third-order valence-corrected chi connectivity index (χ3v) is 14.1. The van der Waals surface area contributed by atoms with Gasteiger partial charge in [-0.05, 0) is 119 Å². The minimum Gasteiger partial charge on any atom is -0.457 e. The van der Waals surface area contributed by atoms with E-state index >= 15 is 0 Å². The molecule has 0 bridgehead atoms. The van der Waals surface area contributed by atoms with Crippen molar-refractivity contribution in [3.63, 3.8) is 0 Å². The SMILES string of the molecule is c1ccc(-c2nc3ccc(-c4ccc(-c5ccc6c7ccccc7c7ccccc7c6c5)cc4)cc3c3cc4c(cc23)Oc2ccccc2C42c3ccccc3-c3ccccc32)cc1. The second kappa shape index (κ2) is 13.3. The molecular weight excluding hydrogens is 775 g/mol. The van der Waals surface area contributed by atoms with E-state index < -0.39 is 5.41 Å². The summed E-state index contributed by atoms with van der Waals surface area (Å²) in [5.74, 6) is 1.74. The predicted molar refractivity (Wildman–Crippen MR) is 265 cm³/mol. The van der Waals surface area contributed by atoms with Gasteiger partial charge >= 0.3 is 0 Å². The fraction of sp³-hybridized carbons (Fsp3) is 0.0161. The van der Waals surface area contributed by atoms with E-state index in [4.69, 9.17) is 9.72 Å². The molecule has 2 nitrogen and oxygen atoms in total. The highest BCUT2D eigenvalue weighted by atomic mass is 16.5. The monoisotopic (exact) mass is 811 g/mol. The fourth-order valence-electron chi connectivity index (χ4n) is 11.3. The molecule has 296 valence electrons. The molecule has 2 heterocycles. The first-order chi connectivity index (χ1) is 31.7. The number of nitrogens with zero attached hydrogens (tertiary/aromatic N) is 1. The van der Waals surface area contributed by atoms with Crippen molar-refractivity contribution in [2.45, 2.75) is 5.41 Å². The number of pyridine rings is 1. The van der Waals surface area contributed by atoms with Crippen LogP contribution in [0.5, 0.6) is 11.5 Å². The number of aromatic nitrogens is 1. The molecule has 12 aromatic rings. The molecule has 2 aliphatic rings. The van der Waals surface area contributed by atoms with E-state index in [0.717, 1.165) is 66.7 Å². The maximum Gasteiger partial charge on any atom is 0.132 e. The molecule has 1 aliphatic carbocycles. The highest BCUT2D eigenvalue weighted by Gasteiger charge is 2.51. The maximum atomic E-state index is 6.98. The molecule has 0 N–H and O–H groups in total. The molecule has 64 heavy (non-hydrogen) atoms. The molecule has 2 heteroatoms. The second-order valence-electron chi connectivity index (χ2n) is 17.3. The molecule has 0 saturated heterocycles. The molecular formula is C62H37NO. The van der Waals surface area contributed by atoms with Crippen molar-refractivity contribution in [3.05, 3.63) is 247 Å². The Labute approximate surface area is 370 Å². The van der Waals surface area contributed by atoms with Crippen molar-refractivity contribution in [3.8, 4) is 56.1 Å². The molecule has 0 saturated carbocycles. The van der Waals surface area contributed by atoms with Gasteiger partial charge in [0.25, 0.3) is 0 Å². The van der Waals surface area contributed by atoms with E-state index in [1.165, 1.54) is 65.7 Å². The van der Waals surface area contributed by atoms with Gasteiger partial charge in [0.1, 0.15) is 11.5 Å². The average Bonchev–Trinajstić information content (AvgIpc) is 3.66. The lowest BCUT2D eigenvalue weighted by Gasteiger charge is -2.39. The molecule has 0 atom stereocenters. The largest absolute Gasteiger partial charge is 0.457 e. The van der Waals surface area contributed by atoms with Gasteiger partial charge in [-0.25, -0.2) is 4.98 Å². The topological polar surface area (TPSA) is 22.1 Å². The number of hydrogen-bond acceptors (Lipinski definition) is 2. The minimum absolute atomic E-state index is 0.566. The lowest BCUT2D eigenvalue weighted by atomic mass is 9.65. The van der Waals surface area contributed by atoms with Crippen LogP contribution >= 0.6 is 0 Å². The Morgan fingerprint density at radius 3 is 1.42 bits per heavy atom. The van der Waals surface area contributed by atoms with Crippen LogP contribution in [0.15, 0.2) is 224 Å². The highest BCUT2D eigenvalue weighted by Crippen LogP contribution is 2.62. The van der Waals surface area contributed by atoms with E-state index in [-0.39, 0.29) is 0 Å². The van der Waals surface area contributed by atoms with Gasteiger partial charge < -0.3 is 4.74 Å². The third-order valence-electron chi connectivity index (χ3n) is 14.1. The van der Waals surface area contributed by atoms with Crippen molar-refractivity contribution >= 4 is 54.0 Å². The zero-order chi connectivity index (χ0) is 41.9. The third kappa shape index (κ3) is 4.88. The number of para-hydroxylation sites is 1. The summed E-state index contributed by atoms with van der Waals surface area (Å²) < 4.78 is 6.98. The lowest BCUT2D eigenvalue weighted by molar-refractivity contribution is 0.437. The summed E-state index contributed by atoms with van der Waals surface area (Å²) in [6.45, 7) is 0. The Kier molecular flexibility index (Phi) is 7.35. The summed E-state index contributed by atoms with van der Waals surface area (Å²) in [5, 5.41) is 11.1. The summed E-state index contributed by atoms with van der Waals surface area (Å²) in [5.41, 5.74) is 14.5. The first kappa shape index (κ1) is 35.3. The number of benzene rings is 11. The molecule has 0 amide bonds. The smallest absolute Gasteiger partial charge is 0.132 e. The Morgan fingerprint density at radius 2 is 0.766 bits per heavy atom. The van der Waals surface area contributed by atoms with Crippen LogP contribution in [0.4, 0.5) is 0 Å². The van der Waals surface area contributed by atoms with Crippen molar-refractivity contribution in [2.24, 2.45) is 0 Å². The van der Waals surface area contributed by atoms with E-state index in [9.17, 15) is 0 Å². The van der Waals surface area contributed by atoms with Gasteiger partial charge in [0.15, 0.2) is 0 Å². The zero-order valence-corrected chi connectivity index (χ0v) is 34.7. The summed E-state index contributed by atoms with van der Waals surface area (Å²) in [7, 11) is 0. The standard InChI is InChI=1S/C62H37NO/c1-2-14-40(15-3-1)61-53-37-60-57(62(56-24-12-13-25-59(56)64-60)54-22-10-8-20-48(54)49-21-9-11-23-55(49)62)36-51(53)52-35-42(31-33-58(52)63-61)39-28-26-38(27-29-39)41-30-32-47-45-18-5-4-16-43(45)44-17-6-7-19-46(44)50(47)34-41/h1-37H. The highest BCUT2D eigenvalue weighted by molar-refractivity contribution is 6.25. The van der Waals surface area contributed by atoms with Crippen LogP contribution in [0, 0.1) is 0 Å². The number of rotatable bonds is 3. The summed E-state index contributed by atoms with van der Waals surface area (Å²) in [4.78, 5) is 5.43. The molecule has 1 spiro atoms. The van der Waals surface area contributed by atoms with Crippen LogP contribution in [0.1, 0.15) is 22.3 Å². The quantitative estimate of drug-likeness (QED) is 0.166. The van der Waals surface area contributed by atoms with E-state index in [1.54, 1.807) is 0 Å². The molecule has 11 aromatic carbocycles. The molecule has 1 aromatic heterocycles.